The van der Waals surface area contributed by atoms with Gasteiger partial charge in [0.15, 0.2) is 0 Å². The Labute approximate surface area is 116 Å². The van der Waals surface area contributed by atoms with E-state index < -0.39 is 0 Å². The zero-order valence-electron chi connectivity index (χ0n) is 9.88. The van der Waals surface area contributed by atoms with E-state index >= 15 is 0 Å². The number of hydrogen-bond acceptors (Lipinski definition) is 3. The molecule has 1 heterocycles. The van der Waals surface area contributed by atoms with Crippen LogP contribution in [-0.2, 0) is 0 Å². The molecule has 18 heavy (non-hydrogen) atoms. The van der Waals surface area contributed by atoms with E-state index in [0.717, 1.165) is 30.6 Å². The Bertz CT molecular complexity index is 461. The van der Waals surface area contributed by atoms with Crippen molar-refractivity contribution in [2.75, 3.05) is 26.3 Å². The zero-order chi connectivity index (χ0) is 13.0. The molecule has 1 aliphatic rings. The van der Waals surface area contributed by atoms with E-state index in [1.807, 2.05) is 12.1 Å². The van der Waals surface area contributed by atoms with Crippen LogP contribution < -0.4 is 10.1 Å². The maximum absolute atomic E-state index is 8.69. The largest absolute Gasteiger partial charge is 0.487 e. The summed E-state index contributed by atoms with van der Waals surface area (Å²) in [5.74, 6) is 0.695. The van der Waals surface area contributed by atoms with E-state index in [-0.39, 0.29) is 6.61 Å². The summed E-state index contributed by atoms with van der Waals surface area (Å²) in [6.07, 6.45) is 2.80. The van der Waals surface area contributed by atoms with Gasteiger partial charge in [-0.25, -0.2) is 0 Å². The maximum Gasteiger partial charge on any atom is 0.145 e. The van der Waals surface area contributed by atoms with Crippen molar-refractivity contribution in [3.63, 3.8) is 0 Å². The Kier molecular flexibility index (Phi) is 4.89. The van der Waals surface area contributed by atoms with Crippen molar-refractivity contribution >= 4 is 29.3 Å². The first kappa shape index (κ1) is 13.7. The van der Waals surface area contributed by atoms with Gasteiger partial charge in [0.2, 0.25) is 0 Å². The van der Waals surface area contributed by atoms with Gasteiger partial charge in [0.05, 0.1) is 5.02 Å². The molecule has 98 valence electrons. The summed E-state index contributed by atoms with van der Waals surface area (Å²) in [7, 11) is 0. The van der Waals surface area contributed by atoms with Crippen LogP contribution in [0.2, 0.25) is 10.0 Å². The summed E-state index contributed by atoms with van der Waals surface area (Å²) in [6, 6.07) is 3.52. The molecule has 1 aromatic rings. The lowest BCUT2D eigenvalue weighted by Crippen LogP contribution is -2.23. The van der Waals surface area contributed by atoms with Crippen molar-refractivity contribution in [3.05, 3.63) is 33.3 Å². The van der Waals surface area contributed by atoms with Crippen molar-refractivity contribution in [1.29, 1.82) is 0 Å². The molecule has 0 saturated heterocycles. The lowest BCUT2D eigenvalue weighted by molar-refractivity contribution is 0.286. The third-order valence-electron chi connectivity index (χ3n) is 2.66. The number of nitrogens with one attached hydrogen (secondary N) is 1. The SMILES string of the molecule is OCCCNCC1=Cc2cc(Cl)cc(Cl)c2OC1. The average Bonchev–Trinajstić information content (AvgIpc) is 2.34. The Hall–Kier alpha value is -0.740. The number of fused-ring (bicyclic) bond motifs is 1. The number of hydrogen-bond donors (Lipinski definition) is 2. The van der Waals surface area contributed by atoms with Crippen molar-refractivity contribution in [2.24, 2.45) is 0 Å². The normalized spacial score (nSPS) is 13.8. The van der Waals surface area contributed by atoms with Gasteiger partial charge >= 0.3 is 0 Å². The average molecular weight is 288 g/mol. The molecule has 0 saturated carbocycles. The van der Waals surface area contributed by atoms with E-state index in [1.54, 1.807) is 6.07 Å². The maximum atomic E-state index is 8.69. The Morgan fingerprint density at radius 1 is 1.33 bits per heavy atom. The Morgan fingerprint density at radius 3 is 2.94 bits per heavy atom. The van der Waals surface area contributed by atoms with E-state index in [2.05, 4.69) is 5.32 Å². The minimum Gasteiger partial charge on any atom is -0.487 e. The molecule has 0 fully saturated rings. The van der Waals surface area contributed by atoms with Gasteiger partial charge in [-0.1, -0.05) is 23.2 Å². The van der Waals surface area contributed by atoms with Crippen molar-refractivity contribution in [1.82, 2.24) is 5.32 Å². The molecular formula is C13H15Cl2NO2. The monoisotopic (exact) mass is 287 g/mol. The number of benzene rings is 1. The summed E-state index contributed by atoms with van der Waals surface area (Å²) in [5.41, 5.74) is 2.05. The molecule has 0 atom stereocenters. The topological polar surface area (TPSA) is 41.5 Å². The highest BCUT2D eigenvalue weighted by Gasteiger charge is 2.15. The molecule has 0 aromatic heterocycles. The highest BCUT2D eigenvalue weighted by Crippen LogP contribution is 2.36. The molecule has 0 aliphatic carbocycles. The molecule has 0 radical (unpaired) electrons. The Balaban J connectivity index is 2.05. The van der Waals surface area contributed by atoms with E-state index in [4.69, 9.17) is 33.0 Å². The first-order chi connectivity index (χ1) is 8.70. The second kappa shape index (κ2) is 6.43. The van der Waals surface area contributed by atoms with Gasteiger partial charge in [0.25, 0.3) is 0 Å². The van der Waals surface area contributed by atoms with Crippen LogP contribution in [0.1, 0.15) is 12.0 Å². The minimum atomic E-state index is 0.205. The molecular weight excluding hydrogens is 273 g/mol. The summed E-state index contributed by atoms with van der Waals surface area (Å²) < 4.78 is 5.63. The number of aliphatic hydroxyl groups excluding tert-OH is 1. The van der Waals surface area contributed by atoms with Crippen LogP contribution in [0.4, 0.5) is 0 Å². The minimum absolute atomic E-state index is 0.205. The highest BCUT2D eigenvalue weighted by atomic mass is 35.5. The molecule has 5 heteroatoms. The molecule has 0 bridgehead atoms. The molecule has 0 spiro atoms. The predicted molar refractivity (Wildman–Crippen MR) is 74.5 cm³/mol. The number of aliphatic hydroxyl groups is 1. The smallest absolute Gasteiger partial charge is 0.145 e. The quantitative estimate of drug-likeness (QED) is 0.819. The third kappa shape index (κ3) is 3.39. The third-order valence-corrected chi connectivity index (χ3v) is 3.16. The second-order valence-corrected chi connectivity index (χ2v) is 4.99. The molecule has 2 rings (SSSR count). The highest BCUT2D eigenvalue weighted by molar-refractivity contribution is 6.36. The van der Waals surface area contributed by atoms with Crippen molar-refractivity contribution < 1.29 is 9.84 Å². The van der Waals surface area contributed by atoms with Crippen molar-refractivity contribution in [2.45, 2.75) is 6.42 Å². The van der Waals surface area contributed by atoms with Crippen molar-refractivity contribution in [3.8, 4) is 5.75 Å². The fourth-order valence-electron chi connectivity index (χ4n) is 1.82. The first-order valence-electron chi connectivity index (χ1n) is 5.83. The molecule has 1 aliphatic heterocycles. The van der Waals surface area contributed by atoms with Crippen LogP contribution in [-0.4, -0.2) is 31.4 Å². The van der Waals surface area contributed by atoms with Crippen LogP contribution in [0.15, 0.2) is 17.7 Å². The lowest BCUT2D eigenvalue weighted by Gasteiger charge is -2.19. The molecule has 2 N–H and O–H groups in total. The van der Waals surface area contributed by atoms with Crippen LogP contribution in [0, 0.1) is 0 Å². The van der Waals surface area contributed by atoms with Crippen LogP contribution >= 0.6 is 23.2 Å². The number of ether oxygens (including phenoxy) is 1. The first-order valence-corrected chi connectivity index (χ1v) is 6.59. The van der Waals surface area contributed by atoms with Gasteiger partial charge in [-0.15, -0.1) is 0 Å². The number of rotatable bonds is 5. The molecule has 1 aromatic carbocycles. The van der Waals surface area contributed by atoms with Crippen LogP contribution in [0.5, 0.6) is 5.75 Å². The molecule has 3 nitrogen and oxygen atoms in total. The van der Waals surface area contributed by atoms with Gasteiger partial charge in [-0.05, 0) is 36.7 Å². The fraction of sp³-hybridized carbons (Fsp3) is 0.385. The fourth-order valence-corrected chi connectivity index (χ4v) is 2.38. The van der Waals surface area contributed by atoms with Crippen LogP contribution in [0.3, 0.4) is 0 Å². The number of halogens is 2. The van der Waals surface area contributed by atoms with E-state index in [0.29, 0.717) is 22.4 Å². The van der Waals surface area contributed by atoms with Gasteiger partial charge in [-0.3, -0.25) is 0 Å². The van der Waals surface area contributed by atoms with E-state index in [9.17, 15) is 0 Å². The van der Waals surface area contributed by atoms with Gasteiger partial charge in [0.1, 0.15) is 12.4 Å². The van der Waals surface area contributed by atoms with Crippen LogP contribution in [0.25, 0.3) is 6.08 Å². The lowest BCUT2D eigenvalue weighted by atomic mass is 10.1. The van der Waals surface area contributed by atoms with Gasteiger partial charge in [0, 0.05) is 23.7 Å². The molecule has 0 amide bonds. The second-order valence-electron chi connectivity index (χ2n) is 4.15. The summed E-state index contributed by atoms with van der Waals surface area (Å²) in [4.78, 5) is 0. The summed E-state index contributed by atoms with van der Waals surface area (Å²) >= 11 is 12.0. The Morgan fingerprint density at radius 2 is 2.17 bits per heavy atom. The van der Waals surface area contributed by atoms with E-state index in [1.165, 1.54) is 0 Å². The van der Waals surface area contributed by atoms with Gasteiger partial charge in [-0.2, -0.15) is 0 Å². The zero-order valence-corrected chi connectivity index (χ0v) is 11.4. The molecule has 0 unspecified atom stereocenters. The summed E-state index contributed by atoms with van der Waals surface area (Å²) in [6.45, 7) is 2.26. The van der Waals surface area contributed by atoms with Gasteiger partial charge < -0.3 is 15.2 Å². The standard InChI is InChI=1S/C13H15Cl2NO2/c14-11-5-10-4-9(7-16-2-1-3-17)8-18-13(10)12(15)6-11/h4-6,16-17H,1-3,7-8H2. The predicted octanol–water partition coefficient (Wildman–Crippen LogP) is 2.74. The summed E-state index contributed by atoms with van der Waals surface area (Å²) in [5, 5.41) is 13.1.